The molecule has 0 aliphatic carbocycles. The molecular formula is C23H27N2O5. The summed E-state index contributed by atoms with van der Waals surface area (Å²) in [5, 5.41) is 11.0. The van der Waals surface area contributed by atoms with Crippen LogP contribution >= 0.6 is 0 Å². The number of hydrogen-bond donors (Lipinski definition) is 2. The van der Waals surface area contributed by atoms with Crippen LogP contribution in [-0.4, -0.2) is 36.7 Å². The molecule has 30 heavy (non-hydrogen) atoms. The predicted molar refractivity (Wildman–Crippen MR) is 113 cm³/mol. The van der Waals surface area contributed by atoms with Gasteiger partial charge in [0.2, 0.25) is 11.8 Å². The lowest BCUT2D eigenvalue weighted by Gasteiger charge is -2.55. The fourth-order valence-corrected chi connectivity index (χ4v) is 5.08. The normalized spacial score (nSPS) is 22.2. The van der Waals surface area contributed by atoms with Gasteiger partial charge in [0.15, 0.2) is 0 Å². The highest BCUT2D eigenvalue weighted by Gasteiger charge is 2.58. The van der Waals surface area contributed by atoms with E-state index in [2.05, 4.69) is 6.07 Å². The molecule has 2 amide bonds. The van der Waals surface area contributed by atoms with Crippen molar-refractivity contribution < 1.29 is 24.2 Å². The monoisotopic (exact) mass is 411 g/mol. The van der Waals surface area contributed by atoms with Crippen LogP contribution in [-0.2, 0) is 15.0 Å². The van der Waals surface area contributed by atoms with Crippen molar-refractivity contribution in [2.45, 2.75) is 38.6 Å². The van der Waals surface area contributed by atoms with Gasteiger partial charge in [-0.05, 0) is 31.5 Å². The summed E-state index contributed by atoms with van der Waals surface area (Å²) < 4.78 is 10.5. The third-order valence-electron chi connectivity index (χ3n) is 6.13. The molecule has 2 atom stereocenters. The zero-order valence-electron chi connectivity index (χ0n) is 18.1. The molecule has 0 saturated heterocycles. The molecule has 2 unspecified atom stereocenters. The lowest BCUT2D eigenvalue weighted by atomic mass is 9.57. The number of phenols is 1. The molecule has 1 radical (unpaired) electrons. The Morgan fingerprint density at radius 1 is 1.13 bits per heavy atom. The SMILES string of the molecule is COc1[c]c(O)c2c(c1)N(C(C)=O)C(C)(C)C(C(N)=O)C2(C)c1ccc(OC)cc1. The van der Waals surface area contributed by atoms with Crippen LogP contribution in [0.3, 0.4) is 0 Å². The van der Waals surface area contributed by atoms with Gasteiger partial charge in [0, 0.05) is 24.0 Å². The van der Waals surface area contributed by atoms with Gasteiger partial charge < -0.3 is 25.2 Å². The minimum absolute atomic E-state index is 0.198. The number of rotatable bonds is 4. The maximum absolute atomic E-state index is 12.8. The average Bonchev–Trinajstić information content (AvgIpc) is 2.65. The van der Waals surface area contributed by atoms with Crippen molar-refractivity contribution in [3.8, 4) is 17.2 Å². The summed E-state index contributed by atoms with van der Waals surface area (Å²) in [6.45, 7) is 6.87. The van der Waals surface area contributed by atoms with Gasteiger partial charge >= 0.3 is 0 Å². The van der Waals surface area contributed by atoms with E-state index >= 15 is 0 Å². The zero-order valence-corrected chi connectivity index (χ0v) is 18.1. The number of methoxy groups -OCH3 is 2. The number of carbonyl (C=O) groups excluding carboxylic acids is 2. The number of aromatic hydroxyl groups is 1. The lowest BCUT2D eigenvalue weighted by Crippen LogP contribution is -2.65. The van der Waals surface area contributed by atoms with Crippen molar-refractivity contribution in [1.82, 2.24) is 0 Å². The number of fused-ring (bicyclic) bond motifs is 1. The second kappa shape index (κ2) is 7.23. The Morgan fingerprint density at radius 2 is 1.73 bits per heavy atom. The van der Waals surface area contributed by atoms with E-state index in [-0.39, 0.29) is 17.4 Å². The number of nitrogens with zero attached hydrogens (tertiary/aromatic N) is 1. The van der Waals surface area contributed by atoms with Gasteiger partial charge in [0.25, 0.3) is 0 Å². The third-order valence-corrected chi connectivity index (χ3v) is 6.13. The number of nitrogens with two attached hydrogens (primary N) is 1. The third kappa shape index (κ3) is 2.96. The zero-order chi connectivity index (χ0) is 22.4. The quantitative estimate of drug-likeness (QED) is 0.805. The Kier molecular flexibility index (Phi) is 5.18. The van der Waals surface area contributed by atoms with E-state index < -0.39 is 22.8 Å². The first-order chi connectivity index (χ1) is 14.0. The van der Waals surface area contributed by atoms with Gasteiger partial charge in [-0.25, -0.2) is 0 Å². The Balaban J connectivity index is 2.46. The largest absolute Gasteiger partial charge is 0.507 e. The summed E-state index contributed by atoms with van der Waals surface area (Å²) in [6.07, 6.45) is 0. The van der Waals surface area contributed by atoms with Gasteiger partial charge in [-0.3, -0.25) is 9.59 Å². The molecule has 0 fully saturated rings. The van der Waals surface area contributed by atoms with Gasteiger partial charge in [0.1, 0.15) is 17.2 Å². The van der Waals surface area contributed by atoms with E-state index in [1.807, 2.05) is 19.1 Å². The molecule has 0 aromatic heterocycles. The molecule has 7 nitrogen and oxygen atoms in total. The molecule has 0 saturated carbocycles. The summed E-state index contributed by atoms with van der Waals surface area (Å²) in [7, 11) is 3.03. The average molecular weight is 411 g/mol. The second-order valence-corrected chi connectivity index (χ2v) is 8.22. The number of hydrogen-bond acceptors (Lipinski definition) is 5. The van der Waals surface area contributed by atoms with Crippen molar-refractivity contribution in [3.63, 3.8) is 0 Å². The van der Waals surface area contributed by atoms with Crippen molar-refractivity contribution >= 4 is 17.5 Å². The lowest BCUT2D eigenvalue weighted by molar-refractivity contribution is -0.127. The molecule has 1 aliphatic heterocycles. The molecular weight excluding hydrogens is 384 g/mol. The summed E-state index contributed by atoms with van der Waals surface area (Å²) in [6, 6.07) is 11.7. The smallest absolute Gasteiger partial charge is 0.224 e. The summed E-state index contributed by atoms with van der Waals surface area (Å²) in [4.78, 5) is 27.0. The second-order valence-electron chi connectivity index (χ2n) is 8.22. The Bertz CT molecular complexity index is 999. The molecule has 0 spiro atoms. The number of benzene rings is 2. The first-order valence-electron chi connectivity index (χ1n) is 9.58. The van der Waals surface area contributed by atoms with Crippen molar-refractivity contribution in [2.75, 3.05) is 19.1 Å². The van der Waals surface area contributed by atoms with Gasteiger partial charge in [-0.1, -0.05) is 19.1 Å². The topological polar surface area (TPSA) is 102 Å². The molecule has 2 aromatic carbocycles. The number of ether oxygens (including phenoxy) is 2. The Hall–Kier alpha value is -3.22. The number of amides is 2. The van der Waals surface area contributed by atoms with Crippen LogP contribution in [0.15, 0.2) is 30.3 Å². The van der Waals surface area contributed by atoms with Crippen LogP contribution < -0.4 is 20.1 Å². The Morgan fingerprint density at radius 3 is 2.20 bits per heavy atom. The first-order valence-corrected chi connectivity index (χ1v) is 9.58. The van der Waals surface area contributed by atoms with Gasteiger partial charge in [0.05, 0.1) is 37.4 Å². The fourth-order valence-electron chi connectivity index (χ4n) is 5.08. The molecule has 1 heterocycles. The standard InChI is InChI=1S/C23H27N2O5/c1-13(26)25-17-11-16(30-6)12-18(27)19(17)23(4,20(21(24)28)22(25,2)3)14-7-9-15(29-5)10-8-14/h7-11,20,27H,1-6H3,(H2,24,28). The van der Waals surface area contributed by atoms with E-state index in [1.165, 1.54) is 18.9 Å². The van der Waals surface area contributed by atoms with Gasteiger partial charge in [-0.15, -0.1) is 0 Å². The van der Waals surface area contributed by atoms with E-state index in [0.717, 1.165) is 5.56 Å². The highest BCUT2D eigenvalue weighted by atomic mass is 16.5. The molecule has 7 heteroatoms. The van der Waals surface area contributed by atoms with Crippen LogP contribution in [0.2, 0.25) is 0 Å². The van der Waals surface area contributed by atoms with Crippen molar-refractivity contribution in [1.29, 1.82) is 0 Å². The van der Waals surface area contributed by atoms with E-state index in [0.29, 0.717) is 17.0 Å². The number of primary amides is 1. The van der Waals surface area contributed by atoms with E-state index in [4.69, 9.17) is 15.2 Å². The van der Waals surface area contributed by atoms with E-state index in [1.54, 1.807) is 39.2 Å². The van der Waals surface area contributed by atoms with Crippen LogP contribution in [0, 0.1) is 12.0 Å². The first kappa shape index (κ1) is 21.5. The van der Waals surface area contributed by atoms with Crippen LogP contribution in [0.1, 0.15) is 38.8 Å². The minimum Gasteiger partial charge on any atom is -0.507 e. The highest BCUT2D eigenvalue weighted by Crippen LogP contribution is 2.57. The summed E-state index contributed by atoms with van der Waals surface area (Å²) >= 11 is 0. The molecule has 3 N–H and O–H groups in total. The Labute approximate surface area is 176 Å². The minimum atomic E-state index is -1.05. The number of carbonyl (C=O) groups is 2. The number of phenolic OH excluding ortho intramolecular Hbond substituents is 1. The summed E-state index contributed by atoms with van der Waals surface area (Å²) in [5.74, 6) is -0.965. The maximum Gasteiger partial charge on any atom is 0.224 e. The van der Waals surface area contributed by atoms with Crippen LogP contribution in [0.25, 0.3) is 0 Å². The molecule has 2 aromatic rings. The van der Waals surface area contributed by atoms with E-state index in [9.17, 15) is 14.7 Å². The fraction of sp³-hybridized carbons (Fsp3) is 0.391. The predicted octanol–water partition coefficient (Wildman–Crippen LogP) is 2.76. The maximum atomic E-state index is 12.8. The van der Waals surface area contributed by atoms with Crippen molar-refractivity contribution in [2.24, 2.45) is 11.7 Å². The molecule has 0 bridgehead atoms. The molecule has 159 valence electrons. The van der Waals surface area contributed by atoms with Crippen molar-refractivity contribution in [3.05, 3.63) is 47.5 Å². The molecule has 1 aliphatic rings. The van der Waals surface area contributed by atoms with Gasteiger partial charge in [-0.2, -0.15) is 0 Å². The molecule has 3 rings (SSSR count). The summed E-state index contributed by atoms with van der Waals surface area (Å²) in [5.41, 5.74) is 5.48. The number of anilines is 1. The highest BCUT2D eigenvalue weighted by molar-refractivity contribution is 5.99. The van der Waals surface area contributed by atoms with Crippen LogP contribution in [0.4, 0.5) is 5.69 Å². The van der Waals surface area contributed by atoms with Crippen LogP contribution in [0.5, 0.6) is 17.2 Å².